The molecule has 2 heteroatoms. The maximum absolute atomic E-state index is 4.38. The van der Waals surface area contributed by atoms with Crippen LogP contribution in [0.5, 0.6) is 0 Å². The van der Waals surface area contributed by atoms with E-state index in [4.69, 9.17) is 0 Å². The van der Waals surface area contributed by atoms with Crippen LogP contribution in [0.2, 0.25) is 0 Å². The minimum atomic E-state index is -0.158. The van der Waals surface area contributed by atoms with E-state index < -0.39 is 0 Å². The number of hydrogen-bond donors (Lipinski definition) is 1. The molecule has 1 aliphatic rings. The number of allylic oxidation sites excluding steroid dienone is 5. The summed E-state index contributed by atoms with van der Waals surface area (Å²) in [6.45, 7) is 13.4. The molecule has 0 saturated carbocycles. The van der Waals surface area contributed by atoms with Crippen LogP contribution in [0.1, 0.15) is 38.8 Å². The lowest BCUT2D eigenvalue weighted by Crippen LogP contribution is -2.22. The Morgan fingerprint density at radius 2 is 1.71 bits per heavy atom. The van der Waals surface area contributed by atoms with E-state index in [-0.39, 0.29) is 10.8 Å². The predicted octanol–water partition coefficient (Wildman–Crippen LogP) is 6.43. The standard InChI is InChI=1S/C26H32N2/c1-19(25(2,3)20-14-8-10-16-22(20)27-6)13-12-18-24-26(4,5)21-15-9-11-17-23(21)28(24)7/h8-18,27H,1H2,2-7H3/b13-12+,24-18-. The number of para-hydroxylation sites is 2. The van der Waals surface area contributed by atoms with Crippen LogP contribution in [0.3, 0.4) is 0 Å². The SMILES string of the molecule is C=C(/C=C/C=C1\N(C)c2ccccc2C1(C)C)C(C)(C)c1ccccc1NC. The van der Waals surface area contributed by atoms with Crippen molar-refractivity contribution in [2.45, 2.75) is 38.5 Å². The lowest BCUT2D eigenvalue weighted by molar-refractivity contribution is 0.639. The second-order valence-electron chi connectivity index (χ2n) is 8.56. The van der Waals surface area contributed by atoms with Crippen molar-refractivity contribution in [1.82, 2.24) is 0 Å². The van der Waals surface area contributed by atoms with Crippen LogP contribution >= 0.6 is 0 Å². The van der Waals surface area contributed by atoms with E-state index in [9.17, 15) is 0 Å². The average Bonchev–Trinajstić information content (AvgIpc) is 2.88. The summed E-state index contributed by atoms with van der Waals surface area (Å²) in [5, 5.41) is 3.30. The molecule has 0 bridgehead atoms. The summed E-state index contributed by atoms with van der Waals surface area (Å²) in [4.78, 5) is 2.30. The highest BCUT2D eigenvalue weighted by molar-refractivity contribution is 5.70. The Morgan fingerprint density at radius 1 is 1.07 bits per heavy atom. The van der Waals surface area contributed by atoms with Gasteiger partial charge < -0.3 is 10.2 Å². The molecule has 146 valence electrons. The van der Waals surface area contributed by atoms with Gasteiger partial charge in [-0.05, 0) is 34.9 Å². The van der Waals surface area contributed by atoms with E-state index in [0.717, 1.165) is 11.3 Å². The molecule has 0 unspecified atom stereocenters. The largest absolute Gasteiger partial charge is 0.388 e. The zero-order chi connectivity index (χ0) is 20.5. The van der Waals surface area contributed by atoms with Crippen LogP contribution in [0, 0.1) is 0 Å². The summed E-state index contributed by atoms with van der Waals surface area (Å²) in [5.74, 6) is 0. The van der Waals surface area contributed by atoms with Crippen molar-refractivity contribution in [2.75, 3.05) is 24.3 Å². The fourth-order valence-electron chi connectivity index (χ4n) is 4.18. The molecule has 2 aromatic carbocycles. The smallest absolute Gasteiger partial charge is 0.0447 e. The number of nitrogens with one attached hydrogen (secondary N) is 1. The first kappa shape index (κ1) is 20.0. The van der Waals surface area contributed by atoms with E-state index >= 15 is 0 Å². The van der Waals surface area contributed by atoms with E-state index in [1.807, 2.05) is 7.05 Å². The number of nitrogens with zero attached hydrogens (tertiary/aromatic N) is 1. The van der Waals surface area contributed by atoms with Crippen molar-refractivity contribution >= 4 is 11.4 Å². The highest BCUT2D eigenvalue weighted by Gasteiger charge is 2.37. The topological polar surface area (TPSA) is 15.3 Å². The number of hydrogen-bond acceptors (Lipinski definition) is 2. The molecule has 0 atom stereocenters. The molecule has 3 rings (SSSR count). The first-order chi connectivity index (χ1) is 13.2. The highest BCUT2D eigenvalue weighted by atomic mass is 15.2. The van der Waals surface area contributed by atoms with Crippen LogP contribution in [-0.2, 0) is 10.8 Å². The maximum atomic E-state index is 4.38. The van der Waals surface area contributed by atoms with Crippen LogP contribution in [0.25, 0.3) is 0 Å². The summed E-state index contributed by atoms with van der Waals surface area (Å²) in [6, 6.07) is 17.1. The third-order valence-corrected chi connectivity index (χ3v) is 6.16. The molecule has 0 amide bonds. The van der Waals surface area contributed by atoms with Crippen LogP contribution in [0.15, 0.2) is 84.6 Å². The van der Waals surface area contributed by atoms with Crippen LogP contribution in [-0.4, -0.2) is 14.1 Å². The Balaban J connectivity index is 1.87. The monoisotopic (exact) mass is 372 g/mol. The molecule has 1 aliphatic heterocycles. The van der Waals surface area contributed by atoms with Gasteiger partial charge in [0.25, 0.3) is 0 Å². The van der Waals surface area contributed by atoms with Crippen molar-refractivity contribution in [1.29, 1.82) is 0 Å². The summed E-state index contributed by atoms with van der Waals surface area (Å²) < 4.78 is 0. The van der Waals surface area contributed by atoms with Crippen LogP contribution in [0.4, 0.5) is 11.4 Å². The zero-order valence-electron chi connectivity index (χ0n) is 18.0. The van der Waals surface area contributed by atoms with Crippen molar-refractivity contribution in [3.05, 3.63) is 95.7 Å². The Bertz CT molecular complexity index is 944. The van der Waals surface area contributed by atoms with Crippen molar-refractivity contribution in [2.24, 2.45) is 0 Å². The molecule has 0 fully saturated rings. The van der Waals surface area contributed by atoms with Gasteiger partial charge >= 0.3 is 0 Å². The van der Waals surface area contributed by atoms with E-state index in [2.05, 4.69) is 118 Å². The van der Waals surface area contributed by atoms with Gasteiger partial charge in [-0.1, -0.05) is 82.8 Å². The molecule has 0 spiro atoms. The van der Waals surface area contributed by atoms with E-state index in [0.29, 0.717) is 0 Å². The van der Waals surface area contributed by atoms with Gasteiger partial charge in [0, 0.05) is 42.0 Å². The average molecular weight is 373 g/mol. The second kappa shape index (κ2) is 7.35. The quantitative estimate of drug-likeness (QED) is 0.608. The molecule has 0 radical (unpaired) electrons. The molecular formula is C26H32N2. The first-order valence-corrected chi connectivity index (χ1v) is 9.90. The highest BCUT2D eigenvalue weighted by Crippen LogP contribution is 2.46. The first-order valence-electron chi connectivity index (χ1n) is 9.90. The van der Waals surface area contributed by atoms with Gasteiger partial charge in [0.05, 0.1) is 0 Å². The minimum Gasteiger partial charge on any atom is -0.388 e. The van der Waals surface area contributed by atoms with Gasteiger partial charge in [-0.25, -0.2) is 0 Å². The number of rotatable bonds is 5. The van der Waals surface area contributed by atoms with Crippen molar-refractivity contribution in [3.63, 3.8) is 0 Å². The number of anilines is 2. The molecule has 0 saturated heterocycles. The van der Waals surface area contributed by atoms with Gasteiger partial charge in [0.1, 0.15) is 0 Å². The van der Waals surface area contributed by atoms with Crippen molar-refractivity contribution in [3.8, 4) is 0 Å². The number of fused-ring (bicyclic) bond motifs is 1. The van der Waals surface area contributed by atoms with Gasteiger partial charge in [-0.2, -0.15) is 0 Å². The predicted molar refractivity (Wildman–Crippen MR) is 123 cm³/mol. The summed E-state index contributed by atoms with van der Waals surface area (Å²) in [5.41, 5.74) is 7.28. The van der Waals surface area contributed by atoms with Crippen LogP contribution < -0.4 is 10.2 Å². The summed E-state index contributed by atoms with van der Waals surface area (Å²) in [7, 11) is 4.11. The van der Waals surface area contributed by atoms with Crippen molar-refractivity contribution < 1.29 is 0 Å². The Morgan fingerprint density at radius 3 is 2.39 bits per heavy atom. The van der Waals surface area contributed by atoms with Gasteiger partial charge in [0.15, 0.2) is 0 Å². The fourth-order valence-corrected chi connectivity index (χ4v) is 4.18. The maximum Gasteiger partial charge on any atom is 0.0447 e. The van der Waals surface area contributed by atoms with Gasteiger partial charge in [-0.15, -0.1) is 0 Å². The molecular weight excluding hydrogens is 340 g/mol. The van der Waals surface area contributed by atoms with Gasteiger partial charge in [-0.3, -0.25) is 0 Å². The van der Waals surface area contributed by atoms with E-state index in [1.54, 1.807) is 0 Å². The van der Waals surface area contributed by atoms with Gasteiger partial charge in [0.2, 0.25) is 0 Å². The number of benzene rings is 2. The third-order valence-electron chi connectivity index (χ3n) is 6.16. The lowest BCUT2D eigenvalue weighted by atomic mass is 9.77. The summed E-state index contributed by atoms with van der Waals surface area (Å²) >= 11 is 0. The Labute approximate surface area is 170 Å². The Hall–Kier alpha value is -2.74. The molecule has 2 nitrogen and oxygen atoms in total. The molecule has 2 aromatic rings. The number of likely N-dealkylation sites (N-methyl/N-ethyl adjacent to an activating group) is 1. The Kier molecular flexibility index (Phi) is 5.25. The molecule has 28 heavy (non-hydrogen) atoms. The molecule has 0 aromatic heterocycles. The molecule has 0 aliphatic carbocycles. The van der Waals surface area contributed by atoms with E-state index in [1.165, 1.54) is 22.5 Å². The normalized spacial score (nSPS) is 17.2. The second-order valence-corrected chi connectivity index (χ2v) is 8.56. The summed E-state index contributed by atoms with van der Waals surface area (Å²) in [6.07, 6.45) is 6.52. The fraction of sp³-hybridized carbons (Fsp3) is 0.308. The lowest BCUT2D eigenvalue weighted by Gasteiger charge is -2.28. The third kappa shape index (κ3) is 3.28. The minimum absolute atomic E-state index is 0.00867. The molecule has 1 heterocycles. The zero-order valence-corrected chi connectivity index (χ0v) is 18.0. The molecule has 1 N–H and O–H groups in total.